The molecule has 0 atom stereocenters. The molecule has 0 fully saturated rings. The van der Waals surface area contributed by atoms with Crippen LogP contribution in [-0.4, -0.2) is 16.0 Å². The highest BCUT2D eigenvalue weighted by atomic mass is 79.9. The lowest BCUT2D eigenvalue weighted by Gasteiger charge is -2.10. The van der Waals surface area contributed by atoms with Gasteiger partial charge in [0.1, 0.15) is 12.4 Å². The van der Waals surface area contributed by atoms with Crippen molar-refractivity contribution in [1.29, 1.82) is 0 Å². The minimum atomic E-state index is -0.265. The van der Waals surface area contributed by atoms with E-state index in [0.29, 0.717) is 18.8 Å². The molecule has 3 rings (SSSR count). The van der Waals surface area contributed by atoms with Crippen molar-refractivity contribution in [3.63, 3.8) is 0 Å². The predicted molar refractivity (Wildman–Crippen MR) is 103 cm³/mol. The highest BCUT2D eigenvalue weighted by molar-refractivity contribution is 9.10. The van der Waals surface area contributed by atoms with Gasteiger partial charge in [-0.1, -0.05) is 18.2 Å². The fourth-order valence-electron chi connectivity index (χ4n) is 2.19. The number of nitrogens with zero attached hydrogens (tertiary/aromatic N) is 2. The Kier molecular flexibility index (Phi) is 6.16. The molecule has 0 bridgehead atoms. The number of rotatable bonds is 6. The second kappa shape index (κ2) is 8.96. The Morgan fingerprint density at radius 2 is 1.81 bits per heavy atom. The Labute approximate surface area is 159 Å². The first kappa shape index (κ1) is 17.9. The Morgan fingerprint density at radius 1 is 1.00 bits per heavy atom. The third-order valence-electron chi connectivity index (χ3n) is 3.52. The molecule has 2 aromatic heterocycles. The van der Waals surface area contributed by atoms with Crippen LogP contribution in [0, 0.1) is 0 Å². The number of hydrogen-bond acceptors (Lipinski definition) is 4. The van der Waals surface area contributed by atoms with Crippen LogP contribution in [0.2, 0.25) is 0 Å². The maximum Gasteiger partial charge on any atom is 0.319 e. The van der Waals surface area contributed by atoms with E-state index in [1.165, 1.54) is 0 Å². The van der Waals surface area contributed by atoms with E-state index >= 15 is 0 Å². The van der Waals surface area contributed by atoms with E-state index in [2.05, 4.69) is 36.5 Å². The SMILES string of the molecule is O=C(NCc1cccnc1)Nc1ccc(COc2ccncc2Br)cc1. The average molecular weight is 413 g/mol. The summed E-state index contributed by atoms with van der Waals surface area (Å²) in [5, 5.41) is 5.58. The fraction of sp³-hybridized carbons (Fsp3) is 0.105. The van der Waals surface area contributed by atoms with Crippen molar-refractivity contribution in [2.45, 2.75) is 13.2 Å². The van der Waals surface area contributed by atoms with Crippen LogP contribution in [0.3, 0.4) is 0 Å². The highest BCUT2D eigenvalue weighted by Crippen LogP contribution is 2.23. The molecule has 1 aromatic carbocycles. The Bertz CT molecular complexity index is 857. The summed E-state index contributed by atoms with van der Waals surface area (Å²) >= 11 is 3.39. The molecule has 0 aliphatic carbocycles. The molecule has 0 radical (unpaired) electrons. The van der Waals surface area contributed by atoms with Crippen molar-refractivity contribution < 1.29 is 9.53 Å². The zero-order valence-corrected chi connectivity index (χ0v) is 15.4. The molecule has 0 aliphatic heterocycles. The lowest BCUT2D eigenvalue weighted by atomic mass is 10.2. The van der Waals surface area contributed by atoms with E-state index in [-0.39, 0.29) is 6.03 Å². The number of ether oxygens (including phenoxy) is 1. The lowest BCUT2D eigenvalue weighted by molar-refractivity contribution is 0.251. The number of amides is 2. The smallest absolute Gasteiger partial charge is 0.319 e. The van der Waals surface area contributed by atoms with Gasteiger partial charge in [-0.3, -0.25) is 9.97 Å². The van der Waals surface area contributed by atoms with Gasteiger partial charge in [-0.05, 0) is 51.3 Å². The van der Waals surface area contributed by atoms with Crippen molar-refractivity contribution in [3.8, 4) is 5.75 Å². The van der Waals surface area contributed by atoms with Gasteiger partial charge in [-0.15, -0.1) is 0 Å². The molecule has 0 saturated heterocycles. The van der Waals surface area contributed by atoms with E-state index in [1.807, 2.05) is 36.4 Å². The monoisotopic (exact) mass is 412 g/mol. The number of carbonyl (C=O) groups excluding carboxylic acids is 1. The largest absolute Gasteiger partial charge is 0.488 e. The molecule has 0 unspecified atom stereocenters. The van der Waals surface area contributed by atoms with Crippen LogP contribution in [-0.2, 0) is 13.2 Å². The van der Waals surface area contributed by atoms with Crippen LogP contribution in [0.4, 0.5) is 10.5 Å². The molecule has 0 aliphatic rings. The molecular weight excluding hydrogens is 396 g/mol. The first-order valence-electron chi connectivity index (χ1n) is 7.96. The number of nitrogens with one attached hydrogen (secondary N) is 2. The molecule has 6 nitrogen and oxygen atoms in total. The lowest BCUT2D eigenvalue weighted by Crippen LogP contribution is -2.28. The first-order chi connectivity index (χ1) is 12.7. The molecular formula is C19H17BrN4O2. The van der Waals surface area contributed by atoms with Gasteiger partial charge in [0.25, 0.3) is 0 Å². The highest BCUT2D eigenvalue weighted by Gasteiger charge is 2.04. The predicted octanol–water partition coefficient (Wildman–Crippen LogP) is 4.14. The number of urea groups is 1. The Morgan fingerprint density at radius 3 is 2.54 bits per heavy atom. The van der Waals surface area contributed by atoms with Gasteiger partial charge in [0.15, 0.2) is 0 Å². The maximum absolute atomic E-state index is 11.9. The van der Waals surface area contributed by atoms with Crippen molar-refractivity contribution in [1.82, 2.24) is 15.3 Å². The summed E-state index contributed by atoms with van der Waals surface area (Å²) in [6.07, 6.45) is 6.78. The molecule has 2 N–H and O–H groups in total. The minimum Gasteiger partial charge on any atom is -0.488 e. The summed E-state index contributed by atoms with van der Waals surface area (Å²) in [4.78, 5) is 19.9. The number of halogens is 1. The minimum absolute atomic E-state index is 0.265. The molecule has 2 amide bonds. The van der Waals surface area contributed by atoms with Gasteiger partial charge in [0, 0.05) is 37.0 Å². The number of anilines is 1. The summed E-state index contributed by atoms with van der Waals surface area (Å²) in [6, 6.07) is 12.8. The van der Waals surface area contributed by atoms with E-state index < -0.39 is 0 Å². The number of hydrogen-bond donors (Lipinski definition) is 2. The van der Waals surface area contributed by atoms with Gasteiger partial charge in [-0.2, -0.15) is 0 Å². The van der Waals surface area contributed by atoms with E-state index in [1.54, 1.807) is 30.9 Å². The zero-order chi connectivity index (χ0) is 18.2. The van der Waals surface area contributed by atoms with Crippen molar-refractivity contribution in [2.24, 2.45) is 0 Å². The zero-order valence-electron chi connectivity index (χ0n) is 13.9. The van der Waals surface area contributed by atoms with Crippen LogP contribution < -0.4 is 15.4 Å². The van der Waals surface area contributed by atoms with Crippen LogP contribution in [0.5, 0.6) is 5.75 Å². The molecule has 7 heteroatoms. The van der Waals surface area contributed by atoms with Gasteiger partial charge < -0.3 is 15.4 Å². The van der Waals surface area contributed by atoms with Crippen LogP contribution in [0.15, 0.2) is 71.7 Å². The number of aromatic nitrogens is 2. The fourth-order valence-corrected chi connectivity index (χ4v) is 2.55. The van der Waals surface area contributed by atoms with Gasteiger partial charge in [-0.25, -0.2) is 4.79 Å². The topological polar surface area (TPSA) is 76.1 Å². The van der Waals surface area contributed by atoms with Crippen molar-refractivity contribution in [3.05, 3.63) is 82.9 Å². The van der Waals surface area contributed by atoms with Gasteiger partial charge in [0.05, 0.1) is 4.47 Å². The van der Waals surface area contributed by atoms with Gasteiger partial charge >= 0.3 is 6.03 Å². The Hall–Kier alpha value is -2.93. The first-order valence-corrected chi connectivity index (χ1v) is 8.75. The number of carbonyl (C=O) groups is 1. The standard InChI is InChI=1S/C19H17BrN4O2/c20-17-12-22-9-7-18(17)26-13-14-3-5-16(6-4-14)24-19(25)23-11-15-2-1-8-21-10-15/h1-10,12H,11,13H2,(H2,23,24,25). The molecule has 0 saturated carbocycles. The summed E-state index contributed by atoms with van der Waals surface area (Å²) < 4.78 is 6.55. The average Bonchev–Trinajstić information content (AvgIpc) is 2.68. The number of benzene rings is 1. The van der Waals surface area contributed by atoms with E-state index in [4.69, 9.17) is 4.74 Å². The quantitative estimate of drug-likeness (QED) is 0.637. The third kappa shape index (κ3) is 5.29. The summed E-state index contributed by atoms with van der Waals surface area (Å²) in [6.45, 7) is 0.850. The molecule has 2 heterocycles. The number of pyridine rings is 2. The second-order valence-corrected chi connectivity index (χ2v) is 6.31. The third-order valence-corrected chi connectivity index (χ3v) is 4.11. The Balaban J connectivity index is 1.48. The van der Waals surface area contributed by atoms with Crippen LogP contribution in [0.1, 0.15) is 11.1 Å². The summed E-state index contributed by atoms with van der Waals surface area (Å²) in [5.74, 6) is 0.733. The molecule has 26 heavy (non-hydrogen) atoms. The summed E-state index contributed by atoms with van der Waals surface area (Å²) in [5.41, 5.74) is 2.65. The normalized spacial score (nSPS) is 10.2. The van der Waals surface area contributed by atoms with Crippen molar-refractivity contribution in [2.75, 3.05) is 5.32 Å². The summed E-state index contributed by atoms with van der Waals surface area (Å²) in [7, 11) is 0. The maximum atomic E-state index is 11.9. The van der Waals surface area contributed by atoms with Crippen LogP contribution in [0.25, 0.3) is 0 Å². The molecule has 0 spiro atoms. The van der Waals surface area contributed by atoms with Crippen molar-refractivity contribution >= 4 is 27.6 Å². The molecule has 3 aromatic rings. The molecule has 132 valence electrons. The van der Waals surface area contributed by atoms with Gasteiger partial charge in [0.2, 0.25) is 0 Å². The van der Waals surface area contributed by atoms with Crippen LogP contribution >= 0.6 is 15.9 Å². The van der Waals surface area contributed by atoms with E-state index in [0.717, 1.165) is 21.3 Å². The van der Waals surface area contributed by atoms with E-state index in [9.17, 15) is 4.79 Å². The second-order valence-electron chi connectivity index (χ2n) is 5.46.